The quantitative estimate of drug-likeness (QED) is 0.624. The lowest BCUT2D eigenvalue weighted by Crippen LogP contribution is -2.26. The molecule has 0 atom stereocenters. The first kappa shape index (κ1) is 10.8. The maximum Gasteiger partial charge on any atom is 0.345 e. The predicted molar refractivity (Wildman–Crippen MR) is 40.6 cm³/mol. The third kappa shape index (κ3) is 4.30. The van der Waals surface area contributed by atoms with Gasteiger partial charge in [0.1, 0.15) is 0 Å². The summed E-state index contributed by atoms with van der Waals surface area (Å²) in [7, 11) is 0. The van der Waals surface area contributed by atoms with Crippen molar-refractivity contribution in [2.45, 2.75) is 34.3 Å². The number of ether oxygens (including phenoxy) is 1. The Kier molecular flexibility index (Phi) is 3.93. The highest BCUT2D eigenvalue weighted by Gasteiger charge is 2.23. The lowest BCUT2D eigenvalue weighted by Gasteiger charge is -2.28. The summed E-state index contributed by atoms with van der Waals surface area (Å²) in [6, 6.07) is 0. The van der Waals surface area contributed by atoms with Gasteiger partial charge in [0.15, 0.2) is 0 Å². The minimum Gasteiger partial charge on any atom is -0.322 e. The molecule has 68 valence electrons. The molecule has 0 aliphatic heterocycles. The van der Waals surface area contributed by atoms with E-state index in [1.807, 2.05) is 27.7 Å². The highest BCUT2D eigenvalue weighted by atomic mass is 19.3. The van der Waals surface area contributed by atoms with Crippen molar-refractivity contribution in [3.05, 3.63) is 0 Å². The molecule has 0 spiro atoms. The fraction of sp³-hybridized carbons (Fsp3) is 1.00. The molecule has 0 unspecified atom stereocenters. The van der Waals surface area contributed by atoms with Gasteiger partial charge in [0.2, 0.25) is 0 Å². The molecule has 0 radical (unpaired) electrons. The molecule has 0 fully saturated rings. The van der Waals surface area contributed by atoms with Crippen LogP contribution in [0.1, 0.15) is 27.7 Å². The minimum atomic E-state index is -2.65. The smallest absolute Gasteiger partial charge is 0.322 e. The van der Waals surface area contributed by atoms with E-state index in [-0.39, 0.29) is 12.0 Å². The summed E-state index contributed by atoms with van der Waals surface area (Å²) in [6.45, 7) is 5.29. The van der Waals surface area contributed by atoms with Crippen LogP contribution in [0.3, 0.4) is 0 Å². The summed E-state index contributed by atoms with van der Waals surface area (Å²) in [6.07, 6.45) is 0. The van der Waals surface area contributed by atoms with Crippen molar-refractivity contribution in [3.8, 4) is 0 Å². The molecule has 0 aliphatic carbocycles. The normalized spacial score (nSPS) is 13.1. The Morgan fingerprint density at radius 2 is 1.73 bits per heavy atom. The largest absolute Gasteiger partial charge is 0.345 e. The first-order valence-electron chi connectivity index (χ1n) is 3.76. The van der Waals surface area contributed by atoms with Gasteiger partial charge in [-0.3, -0.25) is 0 Å². The zero-order valence-electron chi connectivity index (χ0n) is 7.53. The summed E-state index contributed by atoms with van der Waals surface area (Å²) in [5.41, 5.74) is -0.170. The van der Waals surface area contributed by atoms with Gasteiger partial charge in [-0.2, -0.15) is 8.78 Å². The summed E-state index contributed by atoms with van der Waals surface area (Å²) >= 11 is 0. The molecule has 0 saturated carbocycles. The van der Waals surface area contributed by atoms with Gasteiger partial charge in [0.25, 0.3) is 0 Å². The van der Waals surface area contributed by atoms with Crippen molar-refractivity contribution in [3.63, 3.8) is 0 Å². The first-order chi connectivity index (χ1) is 4.86. The molecule has 0 aromatic carbocycles. The van der Waals surface area contributed by atoms with Gasteiger partial charge in [-0.25, -0.2) is 0 Å². The van der Waals surface area contributed by atoms with Gasteiger partial charge in [0.05, 0.1) is 6.61 Å². The van der Waals surface area contributed by atoms with Crippen LogP contribution in [0.5, 0.6) is 0 Å². The average Bonchev–Trinajstić information content (AvgIpc) is 1.84. The zero-order chi connectivity index (χ0) is 9.07. The third-order valence-electron chi connectivity index (χ3n) is 2.14. The summed E-state index contributed by atoms with van der Waals surface area (Å²) < 4.78 is 27.4. The lowest BCUT2D eigenvalue weighted by atomic mass is 9.82. The van der Waals surface area contributed by atoms with E-state index in [1.165, 1.54) is 0 Å². The van der Waals surface area contributed by atoms with Crippen LogP contribution in [0.2, 0.25) is 0 Å². The van der Waals surface area contributed by atoms with Crippen LogP contribution in [0.15, 0.2) is 0 Å². The van der Waals surface area contributed by atoms with E-state index in [1.54, 1.807) is 0 Å². The number of rotatable bonds is 4. The molecule has 11 heavy (non-hydrogen) atoms. The van der Waals surface area contributed by atoms with Gasteiger partial charge in [-0.05, 0) is 11.3 Å². The molecule has 0 saturated heterocycles. The molecular formula is C8H16F2O. The second-order valence-electron chi connectivity index (χ2n) is 3.71. The molecule has 3 heteroatoms. The lowest BCUT2D eigenvalue weighted by molar-refractivity contribution is -0.153. The van der Waals surface area contributed by atoms with Crippen molar-refractivity contribution in [1.82, 2.24) is 0 Å². The van der Waals surface area contributed by atoms with Gasteiger partial charge in [-0.1, -0.05) is 27.7 Å². The molecule has 0 aromatic rings. The fourth-order valence-corrected chi connectivity index (χ4v) is 0.444. The zero-order valence-corrected chi connectivity index (χ0v) is 7.53. The Morgan fingerprint density at radius 1 is 1.27 bits per heavy atom. The van der Waals surface area contributed by atoms with Crippen LogP contribution in [0.4, 0.5) is 8.78 Å². The van der Waals surface area contributed by atoms with Crippen LogP contribution in [0, 0.1) is 11.3 Å². The summed E-state index contributed by atoms with van der Waals surface area (Å²) in [5, 5.41) is 0. The van der Waals surface area contributed by atoms with Crippen LogP contribution in [-0.2, 0) is 4.74 Å². The molecule has 0 rings (SSSR count). The predicted octanol–water partition coefficient (Wildman–Crippen LogP) is 2.91. The SMILES string of the molecule is CC(C)C(C)(C)COC(F)F. The van der Waals surface area contributed by atoms with E-state index in [9.17, 15) is 8.78 Å². The van der Waals surface area contributed by atoms with Gasteiger partial charge in [-0.15, -0.1) is 0 Å². The molecular weight excluding hydrogens is 150 g/mol. The van der Waals surface area contributed by atoms with Crippen LogP contribution >= 0.6 is 0 Å². The van der Waals surface area contributed by atoms with E-state index >= 15 is 0 Å². The van der Waals surface area contributed by atoms with Gasteiger partial charge < -0.3 is 4.74 Å². The molecule has 0 heterocycles. The van der Waals surface area contributed by atoms with Crippen LogP contribution in [-0.4, -0.2) is 13.2 Å². The highest BCUT2D eigenvalue weighted by Crippen LogP contribution is 2.26. The minimum absolute atomic E-state index is 0.113. The van der Waals surface area contributed by atoms with Crippen molar-refractivity contribution in [1.29, 1.82) is 0 Å². The molecule has 0 aromatic heterocycles. The molecule has 0 bridgehead atoms. The van der Waals surface area contributed by atoms with Crippen molar-refractivity contribution >= 4 is 0 Å². The maximum absolute atomic E-state index is 11.6. The monoisotopic (exact) mass is 166 g/mol. The van der Waals surface area contributed by atoms with E-state index < -0.39 is 6.61 Å². The van der Waals surface area contributed by atoms with Crippen molar-refractivity contribution in [2.75, 3.05) is 6.61 Å². The number of hydrogen-bond donors (Lipinski definition) is 0. The Balaban J connectivity index is 3.73. The third-order valence-corrected chi connectivity index (χ3v) is 2.14. The van der Waals surface area contributed by atoms with Crippen molar-refractivity contribution in [2.24, 2.45) is 11.3 Å². The van der Waals surface area contributed by atoms with E-state index in [0.717, 1.165) is 0 Å². The molecule has 0 N–H and O–H groups in total. The van der Waals surface area contributed by atoms with Gasteiger partial charge in [0, 0.05) is 0 Å². The van der Waals surface area contributed by atoms with Crippen molar-refractivity contribution < 1.29 is 13.5 Å². The Morgan fingerprint density at radius 3 is 2.00 bits per heavy atom. The molecule has 0 aliphatic rings. The summed E-state index contributed by atoms with van der Waals surface area (Å²) in [4.78, 5) is 0. The fourth-order valence-electron chi connectivity index (χ4n) is 0.444. The van der Waals surface area contributed by atoms with E-state index in [2.05, 4.69) is 4.74 Å². The van der Waals surface area contributed by atoms with Crippen LogP contribution < -0.4 is 0 Å². The first-order valence-corrected chi connectivity index (χ1v) is 3.76. The number of alkyl halides is 2. The second-order valence-corrected chi connectivity index (χ2v) is 3.71. The number of hydrogen-bond acceptors (Lipinski definition) is 1. The standard InChI is InChI=1S/C8H16F2O/c1-6(2)8(3,4)5-11-7(9)10/h6-7H,5H2,1-4H3. The second kappa shape index (κ2) is 4.00. The summed E-state index contributed by atoms with van der Waals surface area (Å²) in [5.74, 6) is 0.348. The topological polar surface area (TPSA) is 9.23 Å². The number of halogens is 2. The Labute approximate surface area is 66.7 Å². The Hall–Kier alpha value is -0.180. The van der Waals surface area contributed by atoms with E-state index in [4.69, 9.17) is 0 Å². The molecule has 0 amide bonds. The van der Waals surface area contributed by atoms with Gasteiger partial charge >= 0.3 is 6.61 Å². The average molecular weight is 166 g/mol. The Bertz CT molecular complexity index is 111. The van der Waals surface area contributed by atoms with Crippen LogP contribution in [0.25, 0.3) is 0 Å². The highest BCUT2D eigenvalue weighted by molar-refractivity contribution is 4.71. The van der Waals surface area contributed by atoms with E-state index in [0.29, 0.717) is 5.92 Å². The maximum atomic E-state index is 11.6. The molecule has 1 nitrogen and oxygen atoms in total.